The Kier molecular flexibility index (Phi) is 2.78. The highest BCUT2D eigenvalue weighted by Crippen LogP contribution is 2.22. The zero-order valence-electron chi connectivity index (χ0n) is 9.31. The van der Waals surface area contributed by atoms with Crippen molar-refractivity contribution in [3.8, 4) is 0 Å². The van der Waals surface area contributed by atoms with Gasteiger partial charge in [0, 0.05) is 18.7 Å². The Labute approximate surface area is 96.5 Å². The molecule has 17 heavy (non-hydrogen) atoms. The summed E-state index contributed by atoms with van der Waals surface area (Å²) >= 11 is 0. The predicted octanol–water partition coefficient (Wildman–Crippen LogP) is 1.57. The first-order chi connectivity index (χ1) is 8.11. The highest BCUT2D eigenvalue weighted by atomic mass is 16.5. The fourth-order valence-corrected chi connectivity index (χ4v) is 1.46. The zero-order valence-corrected chi connectivity index (χ0v) is 9.31. The highest BCUT2D eigenvalue weighted by Gasteiger charge is 2.16. The fraction of sp³-hybridized carbons (Fsp3) is 0.182. The molecule has 0 fully saturated rings. The second-order valence-electron chi connectivity index (χ2n) is 3.41. The van der Waals surface area contributed by atoms with Gasteiger partial charge in [0.05, 0.1) is 12.5 Å². The smallest absolute Gasteiger partial charge is 0.360 e. The number of rotatable bonds is 2. The van der Waals surface area contributed by atoms with Crippen LogP contribution in [0.25, 0.3) is 11.0 Å². The van der Waals surface area contributed by atoms with E-state index in [2.05, 4.69) is 15.2 Å². The van der Waals surface area contributed by atoms with E-state index in [1.165, 1.54) is 14.0 Å². The van der Waals surface area contributed by atoms with Gasteiger partial charge in [0.1, 0.15) is 0 Å². The summed E-state index contributed by atoms with van der Waals surface area (Å²) < 4.78 is 9.56. The highest BCUT2D eigenvalue weighted by molar-refractivity contribution is 6.02. The summed E-state index contributed by atoms with van der Waals surface area (Å²) in [6, 6.07) is 4.90. The third-order valence-electron chi connectivity index (χ3n) is 2.17. The third-order valence-corrected chi connectivity index (χ3v) is 2.17. The molecule has 1 heterocycles. The molecule has 2 aromatic rings. The zero-order chi connectivity index (χ0) is 12.4. The van der Waals surface area contributed by atoms with Crippen molar-refractivity contribution in [1.29, 1.82) is 0 Å². The van der Waals surface area contributed by atoms with Crippen LogP contribution >= 0.6 is 0 Å². The molecule has 0 saturated heterocycles. The van der Waals surface area contributed by atoms with Crippen LogP contribution in [0.4, 0.5) is 5.69 Å². The van der Waals surface area contributed by atoms with Gasteiger partial charge in [-0.1, -0.05) is 5.16 Å². The lowest BCUT2D eigenvalue weighted by molar-refractivity contribution is -0.114. The van der Waals surface area contributed by atoms with Gasteiger partial charge in [0.2, 0.25) is 5.91 Å². The Morgan fingerprint density at radius 1 is 1.41 bits per heavy atom. The van der Waals surface area contributed by atoms with E-state index in [0.717, 1.165) is 0 Å². The molecule has 88 valence electrons. The molecule has 6 nitrogen and oxygen atoms in total. The maximum absolute atomic E-state index is 11.3. The molecule has 6 heteroatoms. The van der Waals surface area contributed by atoms with Crippen LogP contribution in [0.1, 0.15) is 17.4 Å². The van der Waals surface area contributed by atoms with Gasteiger partial charge >= 0.3 is 5.97 Å². The summed E-state index contributed by atoms with van der Waals surface area (Å²) in [6.45, 7) is 1.41. The van der Waals surface area contributed by atoms with Crippen LogP contribution in [-0.4, -0.2) is 24.1 Å². The Morgan fingerprint density at radius 2 is 2.18 bits per heavy atom. The van der Waals surface area contributed by atoms with Gasteiger partial charge in [0.15, 0.2) is 11.3 Å². The SMILES string of the molecule is COC(=O)c1noc2cc(NC(C)=O)ccc12. The molecule has 0 aliphatic carbocycles. The van der Waals surface area contributed by atoms with Gasteiger partial charge in [-0.3, -0.25) is 4.79 Å². The van der Waals surface area contributed by atoms with Crippen LogP contribution in [0.2, 0.25) is 0 Å². The minimum absolute atomic E-state index is 0.122. The lowest BCUT2D eigenvalue weighted by Gasteiger charge is -2.00. The maximum Gasteiger partial charge on any atom is 0.360 e. The summed E-state index contributed by atoms with van der Waals surface area (Å²) in [5.74, 6) is -0.743. The van der Waals surface area contributed by atoms with Crippen molar-refractivity contribution in [2.75, 3.05) is 12.4 Å². The first-order valence-corrected chi connectivity index (χ1v) is 4.87. The number of amides is 1. The van der Waals surface area contributed by atoms with E-state index in [4.69, 9.17) is 4.52 Å². The molecule has 2 rings (SSSR count). The Hall–Kier alpha value is -2.37. The molecule has 0 radical (unpaired) electrons. The normalized spacial score (nSPS) is 10.2. The number of nitrogens with zero attached hydrogens (tertiary/aromatic N) is 1. The van der Waals surface area contributed by atoms with Gasteiger partial charge in [-0.05, 0) is 12.1 Å². The first kappa shape index (κ1) is 11.1. The Bertz CT molecular complexity index is 588. The number of carbonyl (C=O) groups is 2. The van der Waals surface area contributed by atoms with E-state index in [1.54, 1.807) is 18.2 Å². The molecule has 1 aromatic heterocycles. The molecule has 1 amide bonds. The number of esters is 1. The number of anilines is 1. The number of carbonyl (C=O) groups excluding carboxylic acids is 2. The van der Waals surface area contributed by atoms with Gasteiger partial charge in [0.25, 0.3) is 0 Å². The standard InChI is InChI=1S/C11H10N2O4/c1-6(14)12-7-3-4-8-9(5-7)17-13-10(8)11(15)16-2/h3-5H,1-2H3,(H,12,14). The summed E-state index contributed by atoms with van der Waals surface area (Å²) in [6.07, 6.45) is 0. The van der Waals surface area contributed by atoms with E-state index < -0.39 is 5.97 Å². The monoisotopic (exact) mass is 234 g/mol. The van der Waals surface area contributed by atoms with Crippen LogP contribution in [-0.2, 0) is 9.53 Å². The molecule has 0 unspecified atom stereocenters. The van der Waals surface area contributed by atoms with E-state index in [1.807, 2.05) is 0 Å². The van der Waals surface area contributed by atoms with E-state index in [9.17, 15) is 9.59 Å². The van der Waals surface area contributed by atoms with Gasteiger partial charge in [-0.25, -0.2) is 4.79 Å². The second kappa shape index (κ2) is 4.25. The molecule has 0 saturated carbocycles. The summed E-state index contributed by atoms with van der Waals surface area (Å²) in [7, 11) is 1.27. The van der Waals surface area contributed by atoms with Crippen LogP contribution in [0.15, 0.2) is 22.7 Å². The number of aromatic nitrogens is 1. The van der Waals surface area contributed by atoms with E-state index in [0.29, 0.717) is 16.7 Å². The molecular formula is C11H10N2O4. The quantitative estimate of drug-likeness (QED) is 0.797. The minimum Gasteiger partial charge on any atom is -0.464 e. The van der Waals surface area contributed by atoms with Crippen molar-refractivity contribution in [2.45, 2.75) is 6.92 Å². The first-order valence-electron chi connectivity index (χ1n) is 4.87. The molecule has 0 atom stereocenters. The molecule has 0 aliphatic rings. The van der Waals surface area contributed by atoms with Crippen LogP contribution < -0.4 is 5.32 Å². The molecule has 0 aliphatic heterocycles. The topological polar surface area (TPSA) is 81.4 Å². The van der Waals surface area contributed by atoms with Crippen LogP contribution in [0, 0.1) is 0 Å². The number of fused-ring (bicyclic) bond motifs is 1. The molecular weight excluding hydrogens is 224 g/mol. The van der Waals surface area contributed by atoms with E-state index >= 15 is 0 Å². The second-order valence-corrected chi connectivity index (χ2v) is 3.41. The van der Waals surface area contributed by atoms with Gasteiger partial charge in [-0.15, -0.1) is 0 Å². The lowest BCUT2D eigenvalue weighted by Crippen LogP contribution is -2.05. The number of hydrogen-bond acceptors (Lipinski definition) is 5. The predicted molar refractivity (Wildman–Crippen MR) is 59.7 cm³/mol. The van der Waals surface area contributed by atoms with Crippen molar-refractivity contribution >= 4 is 28.5 Å². The number of hydrogen-bond donors (Lipinski definition) is 1. The van der Waals surface area contributed by atoms with Crippen LogP contribution in [0.5, 0.6) is 0 Å². The number of ether oxygens (including phenoxy) is 1. The van der Waals surface area contributed by atoms with Crippen molar-refractivity contribution in [3.63, 3.8) is 0 Å². The minimum atomic E-state index is -0.559. The lowest BCUT2D eigenvalue weighted by atomic mass is 10.2. The molecule has 1 aromatic carbocycles. The molecule has 0 spiro atoms. The summed E-state index contributed by atoms with van der Waals surface area (Å²) in [4.78, 5) is 22.2. The van der Waals surface area contributed by atoms with Crippen molar-refractivity contribution in [2.24, 2.45) is 0 Å². The number of methoxy groups -OCH3 is 1. The Balaban J connectivity index is 2.44. The average Bonchev–Trinajstić information content (AvgIpc) is 2.70. The van der Waals surface area contributed by atoms with E-state index in [-0.39, 0.29) is 11.6 Å². The summed E-state index contributed by atoms with van der Waals surface area (Å²) in [5, 5.41) is 6.78. The van der Waals surface area contributed by atoms with Gasteiger partial charge in [-0.2, -0.15) is 0 Å². The average molecular weight is 234 g/mol. The number of benzene rings is 1. The fourth-order valence-electron chi connectivity index (χ4n) is 1.46. The van der Waals surface area contributed by atoms with Crippen LogP contribution in [0.3, 0.4) is 0 Å². The maximum atomic E-state index is 11.3. The summed E-state index contributed by atoms with van der Waals surface area (Å²) in [5.41, 5.74) is 1.12. The largest absolute Gasteiger partial charge is 0.464 e. The van der Waals surface area contributed by atoms with Crippen molar-refractivity contribution in [3.05, 3.63) is 23.9 Å². The molecule has 0 bridgehead atoms. The van der Waals surface area contributed by atoms with Gasteiger partial charge < -0.3 is 14.6 Å². The van der Waals surface area contributed by atoms with Crippen molar-refractivity contribution in [1.82, 2.24) is 5.16 Å². The Morgan fingerprint density at radius 3 is 2.82 bits per heavy atom. The number of nitrogens with one attached hydrogen (secondary N) is 1. The van der Waals surface area contributed by atoms with Crippen molar-refractivity contribution < 1.29 is 18.8 Å². The third kappa shape index (κ3) is 2.10. The molecule has 1 N–H and O–H groups in total.